The van der Waals surface area contributed by atoms with E-state index < -0.39 is 5.97 Å². The second-order valence-electron chi connectivity index (χ2n) is 3.86. The number of aromatic amines is 1. The highest BCUT2D eigenvalue weighted by Crippen LogP contribution is 2.20. The highest BCUT2D eigenvalue weighted by molar-refractivity contribution is 6.31. The molecule has 0 aliphatic heterocycles. The van der Waals surface area contributed by atoms with E-state index in [0.29, 0.717) is 5.02 Å². The van der Waals surface area contributed by atoms with Gasteiger partial charge in [-0.1, -0.05) is 17.7 Å². The summed E-state index contributed by atoms with van der Waals surface area (Å²) in [5, 5.41) is 10.4. The monoisotopic (exact) mass is 277 g/mol. The number of methoxy groups -OCH3 is 1. The number of aromatic nitrogens is 1. The lowest BCUT2D eigenvalue weighted by molar-refractivity contribution is -0.136. The molecule has 0 radical (unpaired) electrons. The maximum absolute atomic E-state index is 10.7. The number of benzene rings is 1. The number of aliphatic carboxylic acids is 1. The first-order valence-electron chi connectivity index (χ1n) is 5.54. The third kappa shape index (κ3) is 3.17. The molecule has 0 aliphatic rings. The van der Waals surface area contributed by atoms with Crippen molar-refractivity contribution in [2.24, 2.45) is 0 Å². The molecule has 2 N–H and O–H groups in total. The van der Waals surface area contributed by atoms with Gasteiger partial charge in [-0.25, -0.2) is 4.79 Å². The number of rotatable bonds is 4. The van der Waals surface area contributed by atoms with Crippen LogP contribution in [0.4, 0.5) is 0 Å². The number of H-pyrrole nitrogens is 1. The number of nitrogens with one attached hydrogen (secondary N) is 1. The van der Waals surface area contributed by atoms with Crippen LogP contribution in [-0.4, -0.2) is 23.2 Å². The summed E-state index contributed by atoms with van der Waals surface area (Å²) in [7, 11) is 1.32. The molecule has 0 bridgehead atoms. The molecule has 0 fully saturated rings. The molecule has 5 heteroatoms. The smallest absolute Gasteiger partial charge is 0.371 e. The van der Waals surface area contributed by atoms with Crippen LogP contribution < -0.4 is 0 Å². The van der Waals surface area contributed by atoms with Crippen molar-refractivity contribution >= 4 is 34.5 Å². The van der Waals surface area contributed by atoms with E-state index in [4.69, 9.17) is 21.4 Å². The molecule has 0 spiro atoms. The van der Waals surface area contributed by atoms with Gasteiger partial charge in [0.05, 0.1) is 7.11 Å². The SMILES string of the molecule is COC(=CC=Cc1cc2cc(Cl)ccc2[nH]1)C(=O)O. The van der Waals surface area contributed by atoms with E-state index in [1.165, 1.54) is 13.2 Å². The number of hydrogen-bond acceptors (Lipinski definition) is 2. The quantitative estimate of drug-likeness (QED) is 0.511. The molecule has 1 aromatic carbocycles. The first kappa shape index (κ1) is 13.2. The number of carboxylic acid groups (broad SMARTS) is 1. The van der Waals surface area contributed by atoms with Crippen molar-refractivity contribution < 1.29 is 14.6 Å². The zero-order chi connectivity index (χ0) is 13.8. The molecule has 1 aromatic heterocycles. The minimum atomic E-state index is -1.10. The Hall–Kier alpha value is -2.20. The number of hydrogen-bond donors (Lipinski definition) is 2. The number of carboxylic acids is 1. The molecule has 0 saturated carbocycles. The average molecular weight is 278 g/mol. The van der Waals surface area contributed by atoms with E-state index in [9.17, 15) is 4.79 Å². The van der Waals surface area contributed by atoms with Crippen LogP contribution in [0.1, 0.15) is 5.69 Å². The number of carbonyl (C=O) groups is 1. The topological polar surface area (TPSA) is 62.3 Å². The lowest BCUT2D eigenvalue weighted by Gasteiger charge is -1.96. The van der Waals surface area contributed by atoms with Crippen molar-refractivity contribution in [3.8, 4) is 0 Å². The number of ether oxygens (including phenoxy) is 1. The summed E-state index contributed by atoms with van der Waals surface area (Å²) < 4.78 is 4.71. The van der Waals surface area contributed by atoms with E-state index in [1.807, 2.05) is 18.2 Å². The maximum atomic E-state index is 10.7. The Morgan fingerprint density at radius 3 is 2.89 bits per heavy atom. The van der Waals surface area contributed by atoms with Crippen LogP contribution >= 0.6 is 11.6 Å². The fraction of sp³-hybridized carbons (Fsp3) is 0.0714. The fourth-order valence-corrected chi connectivity index (χ4v) is 1.86. The number of allylic oxidation sites excluding steroid dienone is 2. The molecule has 2 rings (SSSR count). The van der Waals surface area contributed by atoms with Gasteiger partial charge in [0.25, 0.3) is 0 Å². The van der Waals surface area contributed by atoms with Crippen molar-refractivity contribution in [1.29, 1.82) is 0 Å². The van der Waals surface area contributed by atoms with Crippen LogP contribution in [0.15, 0.2) is 42.2 Å². The van der Waals surface area contributed by atoms with Gasteiger partial charge in [-0.15, -0.1) is 0 Å². The van der Waals surface area contributed by atoms with Gasteiger partial charge in [-0.3, -0.25) is 0 Å². The van der Waals surface area contributed by atoms with E-state index in [-0.39, 0.29) is 5.76 Å². The molecule has 0 aliphatic carbocycles. The van der Waals surface area contributed by atoms with Gasteiger partial charge in [0.2, 0.25) is 5.76 Å². The molecule has 98 valence electrons. The largest absolute Gasteiger partial charge is 0.490 e. The summed E-state index contributed by atoms with van der Waals surface area (Å²) >= 11 is 5.90. The van der Waals surface area contributed by atoms with Gasteiger partial charge in [0, 0.05) is 21.6 Å². The second-order valence-corrected chi connectivity index (χ2v) is 4.29. The Kier molecular flexibility index (Phi) is 3.92. The third-order valence-corrected chi connectivity index (χ3v) is 2.79. The predicted molar refractivity (Wildman–Crippen MR) is 75.1 cm³/mol. The van der Waals surface area contributed by atoms with Crippen molar-refractivity contribution in [2.75, 3.05) is 7.11 Å². The van der Waals surface area contributed by atoms with Gasteiger partial charge in [-0.05, 0) is 36.4 Å². The van der Waals surface area contributed by atoms with Gasteiger partial charge in [0.15, 0.2) is 0 Å². The fourth-order valence-electron chi connectivity index (χ4n) is 1.68. The lowest BCUT2D eigenvalue weighted by Crippen LogP contribution is -2.01. The van der Waals surface area contributed by atoms with Crippen molar-refractivity contribution in [3.05, 3.63) is 52.9 Å². The van der Waals surface area contributed by atoms with E-state index in [2.05, 4.69) is 4.98 Å². The first-order chi connectivity index (χ1) is 9.10. The highest BCUT2D eigenvalue weighted by atomic mass is 35.5. The molecule has 2 aromatic rings. The minimum Gasteiger partial charge on any atom is -0.490 e. The lowest BCUT2D eigenvalue weighted by atomic mass is 10.2. The molecule has 1 heterocycles. The third-order valence-electron chi connectivity index (χ3n) is 2.56. The summed E-state index contributed by atoms with van der Waals surface area (Å²) in [5.41, 5.74) is 1.83. The number of fused-ring (bicyclic) bond motifs is 1. The van der Waals surface area contributed by atoms with Gasteiger partial charge in [0.1, 0.15) is 0 Å². The van der Waals surface area contributed by atoms with Crippen LogP contribution in [0.5, 0.6) is 0 Å². The summed E-state index contributed by atoms with van der Waals surface area (Å²) in [4.78, 5) is 13.9. The van der Waals surface area contributed by atoms with Crippen molar-refractivity contribution in [1.82, 2.24) is 4.98 Å². The van der Waals surface area contributed by atoms with Crippen LogP contribution in [0, 0.1) is 0 Å². The van der Waals surface area contributed by atoms with E-state index in [0.717, 1.165) is 16.6 Å². The van der Waals surface area contributed by atoms with Crippen LogP contribution in [0.2, 0.25) is 5.02 Å². The Balaban J connectivity index is 2.24. The minimum absolute atomic E-state index is 0.115. The van der Waals surface area contributed by atoms with E-state index in [1.54, 1.807) is 18.2 Å². The van der Waals surface area contributed by atoms with Crippen molar-refractivity contribution in [3.63, 3.8) is 0 Å². The van der Waals surface area contributed by atoms with Gasteiger partial charge < -0.3 is 14.8 Å². The van der Waals surface area contributed by atoms with Crippen LogP contribution in [0.3, 0.4) is 0 Å². The molecule has 19 heavy (non-hydrogen) atoms. The Morgan fingerprint density at radius 2 is 2.21 bits per heavy atom. The second kappa shape index (κ2) is 5.63. The standard InChI is InChI=1S/C14H12ClNO3/c1-19-13(14(17)18)4-2-3-11-8-9-7-10(15)5-6-12(9)16-11/h2-8,16H,1H3,(H,17,18). The number of halogens is 1. The summed E-state index contributed by atoms with van der Waals surface area (Å²) in [5.74, 6) is -1.22. The Labute approximate surface area is 115 Å². The highest BCUT2D eigenvalue weighted by Gasteiger charge is 2.04. The van der Waals surface area contributed by atoms with E-state index >= 15 is 0 Å². The zero-order valence-corrected chi connectivity index (χ0v) is 10.9. The normalized spacial score (nSPS) is 12.2. The van der Waals surface area contributed by atoms with Gasteiger partial charge >= 0.3 is 5.97 Å². The Bertz CT molecular complexity index is 670. The molecule has 4 nitrogen and oxygen atoms in total. The molecule has 0 saturated heterocycles. The molecule has 0 atom stereocenters. The molecule has 0 amide bonds. The molecular formula is C14H12ClNO3. The Morgan fingerprint density at radius 1 is 1.42 bits per heavy atom. The zero-order valence-electron chi connectivity index (χ0n) is 10.2. The first-order valence-corrected chi connectivity index (χ1v) is 5.92. The van der Waals surface area contributed by atoms with Crippen LogP contribution in [0.25, 0.3) is 17.0 Å². The average Bonchev–Trinajstić information content (AvgIpc) is 2.75. The van der Waals surface area contributed by atoms with Crippen LogP contribution in [-0.2, 0) is 9.53 Å². The van der Waals surface area contributed by atoms with Gasteiger partial charge in [-0.2, -0.15) is 0 Å². The maximum Gasteiger partial charge on any atom is 0.371 e. The molecular weight excluding hydrogens is 266 g/mol. The summed E-state index contributed by atoms with van der Waals surface area (Å²) in [6.07, 6.45) is 4.76. The van der Waals surface area contributed by atoms with Crippen molar-refractivity contribution in [2.45, 2.75) is 0 Å². The molecule has 0 unspecified atom stereocenters. The summed E-state index contributed by atoms with van der Waals surface area (Å²) in [6, 6.07) is 7.49. The summed E-state index contributed by atoms with van der Waals surface area (Å²) in [6.45, 7) is 0. The predicted octanol–water partition coefficient (Wildman–Crippen LogP) is 3.45.